The number of hydrogen-bond acceptors (Lipinski definition) is 3. The van der Waals surface area contributed by atoms with E-state index in [2.05, 4.69) is 20.9 Å². The van der Waals surface area contributed by atoms with Crippen LogP contribution in [0.3, 0.4) is 0 Å². The molecule has 0 atom stereocenters. The molecule has 1 aromatic heterocycles. The molecule has 0 radical (unpaired) electrons. The first-order valence-electron chi connectivity index (χ1n) is 2.59. The number of nitrogen functional groups attached to an aromatic ring is 1. The normalized spacial score (nSPS) is 9.80. The molecule has 0 amide bonds. The van der Waals surface area contributed by atoms with Gasteiger partial charge in [0.1, 0.15) is 10.3 Å². The minimum Gasteiger partial charge on any atom is -0.383 e. The first kappa shape index (κ1) is 7.27. The van der Waals surface area contributed by atoms with E-state index in [0.717, 1.165) is 0 Å². The molecule has 1 heterocycles. The lowest BCUT2D eigenvalue weighted by molar-refractivity contribution is 0.820. The molecule has 0 spiro atoms. The minimum atomic E-state index is -0.174. The van der Waals surface area contributed by atoms with Crippen LogP contribution in [0.5, 0.6) is 0 Å². The van der Waals surface area contributed by atoms with Crippen LogP contribution in [0.1, 0.15) is 0 Å². The number of aromatic nitrogens is 2. The summed E-state index contributed by atoms with van der Waals surface area (Å²) in [4.78, 5) is 14.7. The van der Waals surface area contributed by atoms with Crippen molar-refractivity contribution in [3.8, 4) is 0 Å². The van der Waals surface area contributed by atoms with Gasteiger partial charge in [-0.25, -0.2) is 4.98 Å². The molecule has 1 aromatic rings. The van der Waals surface area contributed by atoms with Gasteiger partial charge in [-0.15, -0.1) is 0 Å². The Morgan fingerprint density at radius 3 is 2.90 bits per heavy atom. The van der Waals surface area contributed by atoms with Crippen LogP contribution in [0.2, 0.25) is 0 Å². The van der Waals surface area contributed by atoms with Gasteiger partial charge in [-0.3, -0.25) is 4.79 Å². The third-order valence-electron chi connectivity index (χ3n) is 1.10. The Bertz CT molecular complexity index is 306. The van der Waals surface area contributed by atoms with Crippen molar-refractivity contribution in [3.05, 3.63) is 21.2 Å². The summed E-state index contributed by atoms with van der Waals surface area (Å²) in [5.74, 6) is 0.225. The average Bonchev–Trinajstić information content (AvgIpc) is 1.93. The zero-order chi connectivity index (χ0) is 7.72. The second kappa shape index (κ2) is 2.42. The Labute approximate surface area is 65.8 Å². The number of nitrogens with two attached hydrogens (primary N) is 1. The number of nitrogens with zero attached hydrogens (tertiary/aromatic N) is 2. The zero-order valence-corrected chi connectivity index (χ0v) is 6.92. The van der Waals surface area contributed by atoms with Gasteiger partial charge < -0.3 is 10.3 Å². The average molecular weight is 204 g/mol. The van der Waals surface area contributed by atoms with Crippen LogP contribution in [0.25, 0.3) is 0 Å². The van der Waals surface area contributed by atoms with Gasteiger partial charge >= 0.3 is 0 Å². The Morgan fingerprint density at radius 1 is 1.80 bits per heavy atom. The molecular formula is C5H6BrN3O. The summed E-state index contributed by atoms with van der Waals surface area (Å²) in [7, 11) is 1.61. The van der Waals surface area contributed by atoms with E-state index in [1.807, 2.05) is 0 Å². The van der Waals surface area contributed by atoms with Gasteiger partial charge in [0.05, 0.1) is 6.33 Å². The van der Waals surface area contributed by atoms with E-state index in [4.69, 9.17) is 5.73 Å². The van der Waals surface area contributed by atoms with Gasteiger partial charge in [0, 0.05) is 7.05 Å². The fraction of sp³-hybridized carbons (Fsp3) is 0.200. The maximum Gasteiger partial charge on any atom is 0.269 e. The van der Waals surface area contributed by atoms with Crippen molar-refractivity contribution in [2.24, 2.45) is 7.05 Å². The molecule has 0 saturated heterocycles. The Morgan fingerprint density at radius 2 is 2.40 bits per heavy atom. The smallest absolute Gasteiger partial charge is 0.269 e. The van der Waals surface area contributed by atoms with Crippen molar-refractivity contribution in [3.63, 3.8) is 0 Å². The molecule has 0 saturated carbocycles. The van der Waals surface area contributed by atoms with Crippen molar-refractivity contribution in [1.82, 2.24) is 9.55 Å². The summed E-state index contributed by atoms with van der Waals surface area (Å²) in [6.45, 7) is 0. The molecule has 0 unspecified atom stereocenters. The number of anilines is 1. The second-order valence-electron chi connectivity index (χ2n) is 1.86. The number of hydrogen-bond donors (Lipinski definition) is 1. The highest BCUT2D eigenvalue weighted by atomic mass is 79.9. The van der Waals surface area contributed by atoms with Gasteiger partial charge in [0.25, 0.3) is 5.56 Å². The zero-order valence-electron chi connectivity index (χ0n) is 5.34. The fourth-order valence-corrected chi connectivity index (χ4v) is 0.904. The van der Waals surface area contributed by atoms with Gasteiger partial charge in [-0.1, -0.05) is 0 Å². The molecule has 2 N–H and O–H groups in total. The first-order valence-corrected chi connectivity index (χ1v) is 3.39. The van der Waals surface area contributed by atoms with Crippen LogP contribution < -0.4 is 11.3 Å². The lowest BCUT2D eigenvalue weighted by atomic mass is 10.6. The lowest BCUT2D eigenvalue weighted by Gasteiger charge is -1.97. The highest BCUT2D eigenvalue weighted by molar-refractivity contribution is 9.10. The second-order valence-corrected chi connectivity index (χ2v) is 2.65. The van der Waals surface area contributed by atoms with E-state index in [9.17, 15) is 4.79 Å². The number of aryl methyl sites for hydroxylation is 1. The summed E-state index contributed by atoms with van der Waals surface area (Å²) >= 11 is 3.01. The number of halogens is 1. The van der Waals surface area contributed by atoms with Crippen molar-refractivity contribution in [2.45, 2.75) is 0 Å². The molecule has 0 aliphatic heterocycles. The molecular weight excluding hydrogens is 198 g/mol. The van der Waals surface area contributed by atoms with Crippen LogP contribution in [0.15, 0.2) is 15.6 Å². The number of rotatable bonds is 0. The Kier molecular flexibility index (Phi) is 1.76. The molecule has 5 heteroatoms. The summed E-state index contributed by atoms with van der Waals surface area (Å²) < 4.78 is 1.66. The van der Waals surface area contributed by atoms with E-state index < -0.39 is 0 Å². The highest BCUT2D eigenvalue weighted by Crippen LogP contribution is 2.08. The van der Waals surface area contributed by atoms with Crippen molar-refractivity contribution in [1.29, 1.82) is 0 Å². The molecule has 0 aromatic carbocycles. The summed E-state index contributed by atoms with van der Waals surface area (Å²) in [5, 5.41) is 0. The molecule has 54 valence electrons. The summed E-state index contributed by atoms with van der Waals surface area (Å²) in [6, 6.07) is 0. The summed E-state index contributed by atoms with van der Waals surface area (Å²) in [5.41, 5.74) is 5.14. The van der Waals surface area contributed by atoms with Crippen molar-refractivity contribution < 1.29 is 0 Å². The van der Waals surface area contributed by atoms with E-state index in [1.165, 1.54) is 10.9 Å². The van der Waals surface area contributed by atoms with Gasteiger partial charge in [-0.2, -0.15) is 0 Å². The van der Waals surface area contributed by atoms with Crippen molar-refractivity contribution in [2.75, 3.05) is 5.73 Å². The third-order valence-corrected chi connectivity index (χ3v) is 1.85. The van der Waals surface area contributed by atoms with Gasteiger partial charge in [-0.05, 0) is 15.9 Å². The molecule has 4 nitrogen and oxygen atoms in total. The molecule has 0 fully saturated rings. The third kappa shape index (κ3) is 1.04. The first-order chi connectivity index (χ1) is 4.63. The SMILES string of the molecule is Cn1cnc(N)c(Br)c1=O. The van der Waals surface area contributed by atoms with Crippen LogP contribution in [0, 0.1) is 0 Å². The van der Waals surface area contributed by atoms with Crippen LogP contribution in [-0.4, -0.2) is 9.55 Å². The maximum absolute atomic E-state index is 11.0. The molecule has 0 aliphatic carbocycles. The fourth-order valence-electron chi connectivity index (χ4n) is 0.522. The van der Waals surface area contributed by atoms with E-state index in [0.29, 0.717) is 4.47 Å². The molecule has 10 heavy (non-hydrogen) atoms. The predicted molar refractivity (Wildman–Crippen MR) is 41.6 cm³/mol. The van der Waals surface area contributed by atoms with Crippen molar-refractivity contribution >= 4 is 21.7 Å². The van der Waals surface area contributed by atoms with Gasteiger partial charge in [0.2, 0.25) is 0 Å². The Balaban J connectivity index is 3.50. The van der Waals surface area contributed by atoms with E-state index in [-0.39, 0.29) is 11.4 Å². The van der Waals surface area contributed by atoms with E-state index >= 15 is 0 Å². The highest BCUT2D eigenvalue weighted by Gasteiger charge is 2.01. The monoisotopic (exact) mass is 203 g/mol. The molecule has 0 bridgehead atoms. The Hall–Kier alpha value is -0.840. The summed E-state index contributed by atoms with van der Waals surface area (Å²) in [6.07, 6.45) is 1.38. The predicted octanol–water partition coefficient (Wildman–Crippen LogP) is 0.125. The lowest BCUT2D eigenvalue weighted by Crippen LogP contribution is -2.19. The molecule has 1 rings (SSSR count). The van der Waals surface area contributed by atoms with Crippen LogP contribution >= 0.6 is 15.9 Å². The quantitative estimate of drug-likeness (QED) is 0.653. The van der Waals surface area contributed by atoms with Crippen LogP contribution in [-0.2, 0) is 7.05 Å². The standard InChI is InChI=1S/C5H6BrN3O/c1-9-2-8-4(7)3(6)5(9)10/h2H,7H2,1H3. The van der Waals surface area contributed by atoms with E-state index in [1.54, 1.807) is 7.05 Å². The van der Waals surface area contributed by atoms with Gasteiger partial charge in [0.15, 0.2) is 0 Å². The maximum atomic E-state index is 11.0. The molecule has 0 aliphatic rings. The largest absolute Gasteiger partial charge is 0.383 e. The topological polar surface area (TPSA) is 60.9 Å². The minimum absolute atomic E-state index is 0.174. The van der Waals surface area contributed by atoms with Crippen LogP contribution in [0.4, 0.5) is 5.82 Å².